The smallest absolute Gasteiger partial charge is 0.326 e. The number of imide groups is 1. The molecular weight excluding hydrogens is 581 g/mol. The number of ketones is 1. The Morgan fingerprint density at radius 3 is 1.88 bits per heavy atom. The van der Waals surface area contributed by atoms with E-state index in [1.54, 1.807) is 0 Å². The van der Waals surface area contributed by atoms with E-state index in [0.717, 1.165) is 12.1 Å². The van der Waals surface area contributed by atoms with E-state index in [0.29, 0.717) is 4.90 Å². The number of alkyl halides is 4. The van der Waals surface area contributed by atoms with Crippen LogP contribution in [-0.2, 0) is 19.1 Å². The highest BCUT2D eigenvalue weighted by molar-refractivity contribution is 6.66. The highest BCUT2D eigenvalue weighted by Gasteiger charge is 2.87. The zero-order valence-corrected chi connectivity index (χ0v) is 20.9. The van der Waals surface area contributed by atoms with Crippen LogP contribution >= 0.6 is 69.6 Å². The van der Waals surface area contributed by atoms with Gasteiger partial charge in [0.1, 0.15) is 16.3 Å². The number of hydrogen-bond acceptors (Lipinski definition) is 7. The third-order valence-electron chi connectivity index (χ3n) is 6.05. The van der Waals surface area contributed by atoms with Crippen molar-refractivity contribution >= 4 is 98.9 Å². The highest BCUT2D eigenvalue weighted by Crippen LogP contribution is 2.77. The predicted molar refractivity (Wildman–Crippen MR) is 122 cm³/mol. The Bertz CT molecular complexity index is 1160. The maximum Gasteiger partial charge on any atom is 0.326 e. The minimum absolute atomic E-state index is 0.0573. The monoisotopic (exact) mass is 588 g/mol. The number of carbonyl (C=O) groups excluding carboxylic acids is 4. The molecule has 1 aromatic carbocycles. The van der Waals surface area contributed by atoms with Crippen LogP contribution in [0.3, 0.4) is 0 Å². The highest BCUT2D eigenvalue weighted by atomic mass is 35.5. The molecule has 3 aliphatic rings. The van der Waals surface area contributed by atoms with Crippen molar-refractivity contribution in [1.29, 1.82) is 0 Å². The summed E-state index contributed by atoms with van der Waals surface area (Å²) in [5.74, 6) is -6.33. The van der Waals surface area contributed by atoms with Crippen LogP contribution in [-0.4, -0.2) is 60.6 Å². The van der Waals surface area contributed by atoms with E-state index in [2.05, 4.69) is 0 Å². The van der Waals surface area contributed by atoms with Gasteiger partial charge in [0, 0.05) is 17.7 Å². The van der Waals surface area contributed by atoms with Gasteiger partial charge in [0.15, 0.2) is 16.7 Å². The first-order valence-corrected chi connectivity index (χ1v) is 11.6. The van der Waals surface area contributed by atoms with Gasteiger partial charge in [-0.1, -0.05) is 46.4 Å². The fourth-order valence-electron chi connectivity index (χ4n) is 4.38. The van der Waals surface area contributed by atoms with Crippen LogP contribution in [0.1, 0.15) is 10.4 Å². The number of halogens is 6. The van der Waals surface area contributed by atoms with E-state index in [4.69, 9.17) is 74.3 Å². The lowest BCUT2D eigenvalue weighted by Crippen LogP contribution is -2.50. The standard InChI is InChI=1S/C19H10Cl6N2O7/c20-13-14(21)18(23)12-11(17(13,22)19(18,24)25)15(30)26(16(12)31)5-10(29)34-6-9(28)7-1-3-8(4-2-7)27(32)33/h1-4,11-12H,5-6H2/t11-,12-,17-,18-/m0/s1. The molecule has 1 aromatic rings. The van der Waals surface area contributed by atoms with Gasteiger partial charge in [-0.25, -0.2) is 0 Å². The number of nitro groups is 1. The number of nitrogens with zero attached hydrogens (tertiary/aromatic N) is 2. The Balaban J connectivity index is 1.46. The molecule has 1 heterocycles. The van der Waals surface area contributed by atoms with Gasteiger partial charge in [-0.15, -0.1) is 23.2 Å². The summed E-state index contributed by atoms with van der Waals surface area (Å²) in [6, 6.07) is 4.63. The van der Waals surface area contributed by atoms with Crippen molar-refractivity contribution in [1.82, 2.24) is 4.90 Å². The van der Waals surface area contributed by atoms with Crippen LogP contribution in [0.4, 0.5) is 5.69 Å². The second-order valence-corrected chi connectivity index (χ2v) is 11.0. The molecule has 1 saturated heterocycles. The quantitative estimate of drug-likeness (QED) is 0.123. The van der Waals surface area contributed by atoms with E-state index in [1.807, 2.05) is 0 Å². The van der Waals surface area contributed by atoms with Gasteiger partial charge in [-0.3, -0.25) is 34.2 Å². The molecular formula is C19H10Cl6N2O7. The largest absolute Gasteiger partial charge is 0.456 e. The first-order valence-electron chi connectivity index (χ1n) is 9.31. The Hall–Kier alpha value is -1.62. The Morgan fingerprint density at radius 1 is 0.971 bits per heavy atom. The molecule has 4 atom stereocenters. The van der Waals surface area contributed by atoms with Crippen molar-refractivity contribution in [3.63, 3.8) is 0 Å². The summed E-state index contributed by atoms with van der Waals surface area (Å²) in [6.07, 6.45) is 0. The molecule has 1 aliphatic heterocycles. The molecule has 2 amide bonds. The molecule has 2 aliphatic carbocycles. The number of ether oxygens (including phenoxy) is 1. The number of carbonyl (C=O) groups is 4. The average Bonchev–Trinajstić information content (AvgIpc) is 3.16. The fourth-order valence-corrected chi connectivity index (χ4v) is 7.31. The summed E-state index contributed by atoms with van der Waals surface area (Å²) in [7, 11) is 0. The molecule has 0 N–H and O–H groups in total. The van der Waals surface area contributed by atoms with Crippen molar-refractivity contribution in [3.8, 4) is 0 Å². The number of nitro benzene ring substituents is 1. The van der Waals surface area contributed by atoms with Crippen molar-refractivity contribution in [2.24, 2.45) is 11.8 Å². The first-order chi connectivity index (χ1) is 15.7. The number of likely N-dealkylation sites (tertiary alicyclic amines) is 1. The number of esters is 1. The number of benzene rings is 1. The molecule has 0 spiro atoms. The van der Waals surface area contributed by atoms with Crippen LogP contribution in [0.5, 0.6) is 0 Å². The maximum atomic E-state index is 13.0. The van der Waals surface area contributed by atoms with Gasteiger partial charge in [0.25, 0.3) is 5.69 Å². The first kappa shape index (κ1) is 25.5. The molecule has 34 heavy (non-hydrogen) atoms. The topological polar surface area (TPSA) is 124 Å². The number of hydrogen-bond donors (Lipinski definition) is 0. The number of fused-ring (bicyclic) bond motifs is 5. The Morgan fingerprint density at radius 2 is 1.44 bits per heavy atom. The van der Waals surface area contributed by atoms with Crippen LogP contribution in [0.25, 0.3) is 0 Å². The number of allylic oxidation sites excluding steroid dienone is 2. The molecule has 2 bridgehead atoms. The van der Waals surface area contributed by atoms with Gasteiger partial charge in [0.05, 0.1) is 26.8 Å². The zero-order valence-electron chi connectivity index (χ0n) is 16.4. The number of rotatable bonds is 6. The number of Topliss-reactive ketones (excluding diaryl/α,β-unsaturated/α-hetero) is 1. The minimum Gasteiger partial charge on any atom is -0.456 e. The van der Waals surface area contributed by atoms with E-state index in [1.165, 1.54) is 12.1 Å². The van der Waals surface area contributed by atoms with Crippen LogP contribution in [0, 0.1) is 22.0 Å². The van der Waals surface area contributed by atoms with Crippen molar-refractivity contribution in [2.75, 3.05) is 13.2 Å². The lowest BCUT2D eigenvalue weighted by Gasteiger charge is -2.34. The van der Waals surface area contributed by atoms with Crippen molar-refractivity contribution in [2.45, 2.75) is 14.1 Å². The summed E-state index contributed by atoms with van der Waals surface area (Å²) in [5.41, 5.74) is -0.164. The summed E-state index contributed by atoms with van der Waals surface area (Å²) in [4.78, 5) is 57.2. The molecule has 0 radical (unpaired) electrons. The predicted octanol–water partition coefficient (Wildman–Crippen LogP) is 3.77. The van der Waals surface area contributed by atoms with Gasteiger partial charge in [0.2, 0.25) is 11.8 Å². The SMILES string of the molecule is O=C(CN1C(=O)[C@@H]2[C@@H](C1=O)[C@]1(Cl)C(Cl)=C(Cl)[C@]2(Cl)C1(Cl)Cl)OCC(=O)c1ccc([N+](=O)[O-])cc1. The lowest BCUT2D eigenvalue weighted by molar-refractivity contribution is -0.384. The third-order valence-corrected chi connectivity index (χ3v) is 10.3. The van der Waals surface area contributed by atoms with Crippen LogP contribution in [0.2, 0.25) is 0 Å². The molecule has 9 nitrogen and oxygen atoms in total. The average molecular weight is 591 g/mol. The van der Waals surface area contributed by atoms with Gasteiger partial charge < -0.3 is 4.74 Å². The van der Waals surface area contributed by atoms with Crippen LogP contribution in [0.15, 0.2) is 34.3 Å². The molecule has 15 heteroatoms. The summed E-state index contributed by atoms with van der Waals surface area (Å²) in [5, 5.41) is 10.2. The normalized spacial score (nSPS) is 31.2. The van der Waals surface area contributed by atoms with E-state index in [-0.39, 0.29) is 21.3 Å². The molecule has 0 unspecified atom stereocenters. The van der Waals surface area contributed by atoms with E-state index in [9.17, 15) is 29.3 Å². The van der Waals surface area contributed by atoms with Gasteiger partial charge in [-0.2, -0.15) is 0 Å². The van der Waals surface area contributed by atoms with E-state index >= 15 is 0 Å². The van der Waals surface area contributed by atoms with Gasteiger partial charge in [-0.05, 0) is 12.1 Å². The lowest BCUT2D eigenvalue weighted by atomic mass is 9.84. The summed E-state index contributed by atoms with van der Waals surface area (Å²) < 4.78 is 2.77. The molecule has 0 aromatic heterocycles. The second-order valence-electron chi connectivity index (χ2n) is 7.73. The molecule has 180 valence electrons. The Labute approximate surface area is 220 Å². The van der Waals surface area contributed by atoms with E-state index < -0.39 is 67.6 Å². The summed E-state index contributed by atoms with van der Waals surface area (Å²) in [6.45, 7) is -1.57. The second kappa shape index (κ2) is 8.21. The van der Waals surface area contributed by atoms with Gasteiger partial charge >= 0.3 is 5.97 Å². The summed E-state index contributed by atoms with van der Waals surface area (Å²) >= 11 is 38.2. The molecule has 4 rings (SSSR count). The molecule has 1 saturated carbocycles. The fraction of sp³-hybridized carbons (Fsp3) is 0.368. The maximum absolute atomic E-state index is 13.0. The Kier molecular flexibility index (Phi) is 6.15. The zero-order chi connectivity index (χ0) is 25.4. The number of amides is 2. The molecule has 2 fully saturated rings. The minimum atomic E-state index is -2.10. The van der Waals surface area contributed by atoms with Crippen LogP contribution < -0.4 is 0 Å². The number of non-ortho nitro benzene ring substituents is 1. The van der Waals surface area contributed by atoms with Crippen molar-refractivity contribution < 1.29 is 28.8 Å². The third kappa shape index (κ3) is 3.14. The van der Waals surface area contributed by atoms with Crippen molar-refractivity contribution in [3.05, 3.63) is 50.0 Å².